The first-order chi connectivity index (χ1) is 20.5. The minimum atomic E-state index is -0.544. The van der Waals surface area contributed by atoms with Gasteiger partial charge in [0.2, 0.25) is 0 Å². The maximum atomic E-state index is 15.4. The van der Waals surface area contributed by atoms with Crippen molar-refractivity contribution in [1.29, 1.82) is 0 Å². The third-order valence-electron chi connectivity index (χ3n) is 5.82. The molecule has 43 heavy (non-hydrogen) atoms. The number of rotatable bonds is 14. The molecule has 0 aliphatic carbocycles. The van der Waals surface area contributed by atoms with Crippen molar-refractivity contribution in [3.8, 4) is 39.5 Å². The Morgan fingerprint density at radius 3 is 1.65 bits per heavy atom. The van der Waals surface area contributed by atoms with E-state index in [0.717, 1.165) is 5.56 Å². The van der Waals surface area contributed by atoms with Crippen molar-refractivity contribution in [1.82, 2.24) is 0 Å². The summed E-state index contributed by atoms with van der Waals surface area (Å²) in [6.45, 7) is 15.2. The summed E-state index contributed by atoms with van der Waals surface area (Å²) in [4.78, 5) is 35.0. The second kappa shape index (κ2) is 15.2. The lowest BCUT2D eigenvalue weighted by Crippen LogP contribution is -2.14. The molecule has 0 saturated heterocycles. The number of carbonyl (C=O) groups is 3. The molecule has 3 aromatic carbocycles. The topological polar surface area (TPSA) is 97.4 Å². The molecule has 0 heterocycles. The van der Waals surface area contributed by atoms with Gasteiger partial charge >= 0.3 is 17.9 Å². The average Bonchev–Trinajstić information content (AvgIpc) is 2.97. The van der Waals surface area contributed by atoms with Crippen LogP contribution in [0.5, 0.6) is 17.2 Å². The maximum absolute atomic E-state index is 15.4. The van der Waals surface area contributed by atoms with Crippen LogP contribution < -0.4 is 14.2 Å². The predicted octanol–water partition coefficient (Wildman–Crippen LogP) is 6.64. The van der Waals surface area contributed by atoms with Gasteiger partial charge in [-0.3, -0.25) is 0 Å². The average molecular weight is 589 g/mol. The van der Waals surface area contributed by atoms with Crippen molar-refractivity contribution in [3.63, 3.8) is 0 Å². The van der Waals surface area contributed by atoms with Gasteiger partial charge in [0, 0.05) is 22.3 Å². The van der Waals surface area contributed by atoms with E-state index in [9.17, 15) is 14.4 Å². The zero-order valence-electron chi connectivity index (χ0n) is 24.4. The lowest BCUT2D eigenvalue weighted by atomic mass is 9.99. The van der Waals surface area contributed by atoms with E-state index >= 15 is 4.39 Å². The number of carbonyl (C=O) groups excluding carboxylic acids is 3. The van der Waals surface area contributed by atoms with Crippen LogP contribution in [0.2, 0.25) is 0 Å². The molecule has 0 aliphatic heterocycles. The molecule has 9 heteroatoms. The molecule has 0 amide bonds. The monoisotopic (exact) mass is 588 g/mol. The quantitative estimate of drug-likeness (QED) is 0.0895. The normalized spacial score (nSPS) is 10.3. The molecule has 0 N–H and O–H groups in total. The first-order valence-electron chi connectivity index (χ1n) is 13.3. The van der Waals surface area contributed by atoms with Crippen LogP contribution >= 0.6 is 0 Å². The van der Waals surface area contributed by atoms with Gasteiger partial charge in [-0.25, -0.2) is 18.8 Å². The highest BCUT2D eigenvalue weighted by Crippen LogP contribution is 2.35. The van der Waals surface area contributed by atoms with E-state index in [2.05, 4.69) is 19.7 Å². The minimum Gasteiger partial charge on any atom is -0.486 e. The smallest absolute Gasteiger partial charge is 0.338 e. The van der Waals surface area contributed by atoms with Crippen molar-refractivity contribution >= 4 is 17.9 Å². The highest BCUT2D eigenvalue weighted by Gasteiger charge is 2.14. The second-order valence-corrected chi connectivity index (χ2v) is 9.58. The Morgan fingerprint density at radius 1 is 0.605 bits per heavy atom. The number of halogens is 1. The summed E-state index contributed by atoms with van der Waals surface area (Å²) < 4.78 is 42.3. The van der Waals surface area contributed by atoms with Crippen LogP contribution in [0.15, 0.2) is 97.1 Å². The third-order valence-corrected chi connectivity index (χ3v) is 5.82. The van der Waals surface area contributed by atoms with E-state index in [0.29, 0.717) is 28.2 Å². The molecule has 8 nitrogen and oxygen atoms in total. The summed E-state index contributed by atoms with van der Waals surface area (Å²) in [6.07, 6.45) is 0. The SMILES string of the molecule is C=C(C)C(=O)OCCOc1ccc(-c2ccc(-c3ccc(OC(=O)C(=C)C)cc3)cc2F)cc1OCCOC(=O)C(=C)C. The number of hydrogen-bond acceptors (Lipinski definition) is 8. The Bertz CT molecular complexity index is 1540. The van der Waals surface area contributed by atoms with E-state index in [-0.39, 0.29) is 48.9 Å². The van der Waals surface area contributed by atoms with E-state index in [1.165, 1.54) is 13.0 Å². The molecule has 224 valence electrons. The summed E-state index contributed by atoms with van der Waals surface area (Å²) in [7, 11) is 0. The number of ether oxygens (including phenoxy) is 5. The van der Waals surface area contributed by atoms with Gasteiger partial charge in [-0.05, 0) is 67.8 Å². The fraction of sp³-hybridized carbons (Fsp3) is 0.206. The molecule has 0 aliphatic rings. The Morgan fingerprint density at radius 2 is 1.12 bits per heavy atom. The van der Waals surface area contributed by atoms with Gasteiger partial charge in [0.15, 0.2) is 11.5 Å². The third kappa shape index (κ3) is 9.43. The molecule has 0 unspecified atom stereocenters. The fourth-order valence-corrected chi connectivity index (χ4v) is 3.56. The van der Waals surface area contributed by atoms with Gasteiger partial charge < -0.3 is 23.7 Å². The lowest BCUT2D eigenvalue weighted by Gasteiger charge is -2.15. The number of benzene rings is 3. The molecule has 0 fully saturated rings. The molecule has 0 spiro atoms. The molecule has 3 rings (SSSR count). The molecule has 3 aromatic rings. The zero-order chi connectivity index (χ0) is 31.5. The van der Waals surface area contributed by atoms with Gasteiger partial charge in [-0.1, -0.05) is 50.1 Å². The van der Waals surface area contributed by atoms with Crippen LogP contribution in [-0.4, -0.2) is 44.3 Å². The second-order valence-electron chi connectivity index (χ2n) is 9.58. The van der Waals surface area contributed by atoms with Crippen molar-refractivity contribution in [2.45, 2.75) is 20.8 Å². The van der Waals surface area contributed by atoms with Crippen molar-refractivity contribution in [2.75, 3.05) is 26.4 Å². The van der Waals surface area contributed by atoms with Crippen LogP contribution in [0.4, 0.5) is 4.39 Å². The first kappa shape index (κ1) is 32.3. The van der Waals surface area contributed by atoms with E-state index < -0.39 is 23.7 Å². The molecule has 0 saturated carbocycles. The van der Waals surface area contributed by atoms with Crippen LogP contribution in [0.25, 0.3) is 22.3 Å². The van der Waals surface area contributed by atoms with Gasteiger partial charge in [-0.15, -0.1) is 0 Å². The van der Waals surface area contributed by atoms with Crippen molar-refractivity contribution in [2.24, 2.45) is 0 Å². The van der Waals surface area contributed by atoms with Crippen LogP contribution in [-0.2, 0) is 23.9 Å². The van der Waals surface area contributed by atoms with Crippen molar-refractivity contribution in [3.05, 3.63) is 103 Å². The van der Waals surface area contributed by atoms with Gasteiger partial charge in [0.1, 0.15) is 38.0 Å². The van der Waals surface area contributed by atoms with Crippen LogP contribution in [0.3, 0.4) is 0 Å². The Labute approximate surface area is 250 Å². The number of esters is 3. The lowest BCUT2D eigenvalue weighted by molar-refractivity contribution is -0.140. The van der Waals surface area contributed by atoms with Gasteiger partial charge in [0.25, 0.3) is 0 Å². The highest BCUT2D eigenvalue weighted by molar-refractivity contribution is 5.89. The molecule has 0 aromatic heterocycles. The van der Waals surface area contributed by atoms with Gasteiger partial charge in [-0.2, -0.15) is 0 Å². The summed E-state index contributed by atoms with van der Waals surface area (Å²) in [5.41, 5.74) is 3.00. The summed E-state index contributed by atoms with van der Waals surface area (Å²) in [6, 6.07) is 16.4. The van der Waals surface area contributed by atoms with Crippen LogP contribution in [0.1, 0.15) is 20.8 Å². The summed E-state index contributed by atoms with van der Waals surface area (Å²) in [5.74, 6) is -1.12. The summed E-state index contributed by atoms with van der Waals surface area (Å²) in [5, 5.41) is 0. The van der Waals surface area contributed by atoms with E-state index in [4.69, 9.17) is 23.7 Å². The molecular weight excluding hydrogens is 555 g/mol. The Kier molecular flexibility index (Phi) is 11.4. The minimum absolute atomic E-state index is 0.00255. The summed E-state index contributed by atoms with van der Waals surface area (Å²) >= 11 is 0. The maximum Gasteiger partial charge on any atom is 0.338 e. The molecule has 0 bridgehead atoms. The van der Waals surface area contributed by atoms with E-state index in [1.807, 2.05) is 0 Å². The highest BCUT2D eigenvalue weighted by atomic mass is 19.1. The fourth-order valence-electron chi connectivity index (χ4n) is 3.56. The van der Waals surface area contributed by atoms with Crippen molar-refractivity contribution < 1.29 is 42.5 Å². The molecule has 0 radical (unpaired) electrons. The largest absolute Gasteiger partial charge is 0.486 e. The van der Waals surface area contributed by atoms with E-state index in [1.54, 1.807) is 68.4 Å². The Hall–Kier alpha value is -5.18. The Balaban J connectivity index is 1.78. The van der Waals surface area contributed by atoms with Crippen LogP contribution in [0, 0.1) is 5.82 Å². The standard InChI is InChI=1S/C34H33FO8/c1-21(2)32(36)41-17-15-39-30-14-10-26(20-31(30)40-16-18-42-33(37)22(3)4)28-13-9-25(19-29(28)35)24-7-11-27(12-8-24)43-34(38)23(5)6/h7-14,19-20H,1,3,5,15-18H2,2,4,6H3. The predicted molar refractivity (Wildman–Crippen MR) is 160 cm³/mol. The number of hydrogen-bond donors (Lipinski definition) is 0. The molecule has 0 atom stereocenters. The first-order valence-corrected chi connectivity index (χ1v) is 13.3. The zero-order valence-corrected chi connectivity index (χ0v) is 24.4. The molecular formula is C34H33FO8. The van der Waals surface area contributed by atoms with Gasteiger partial charge in [0.05, 0.1) is 0 Å².